The van der Waals surface area contributed by atoms with Gasteiger partial charge < -0.3 is 52.3 Å². The molecule has 15 heteroatoms. The number of carbonyl (C=O) groups is 4. The Bertz CT molecular complexity index is 1580. The number of nitrogens with zero attached hydrogens (tertiary/aromatic N) is 1. The molecule has 2 rings (SSSR count). The third-order valence-corrected chi connectivity index (χ3v) is 17.5. The lowest BCUT2D eigenvalue weighted by molar-refractivity contribution is -0.198. The van der Waals surface area contributed by atoms with Crippen LogP contribution in [0.4, 0.5) is 0 Å². The maximum absolute atomic E-state index is 14.1. The van der Waals surface area contributed by atoms with E-state index in [1.54, 1.807) is 0 Å². The highest BCUT2D eigenvalue weighted by Crippen LogP contribution is 2.66. The highest BCUT2D eigenvalue weighted by molar-refractivity contribution is 5.70. The fourth-order valence-electron chi connectivity index (χ4n) is 13.5. The number of unbranched alkanes of at least 4 members (excludes halogenated alkanes) is 18. The quantitative estimate of drug-likeness (QED) is 0.0244. The molecule has 2 fully saturated rings. The summed E-state index contributed by atoms with van der Waals surface area (Å²) in [5.41, 5.74) is -2.43. The summed E-state index contributed by atoms with van der Waals surface area (Å²) in [6, 6.07) is 0. The molecule has 15 nitrogen and oxygen atoms in total. The third kappa shape index (κ3) is 37.7. The summed E-state index contributed by atoms with van der Waals surface area (Å²) in [6.45, 7) is 28.4. The van der Waals surface area contributed by atoms with Crippen LogP contribution in [0.25, 0.3) is 0 Å². The molecular formula is C71H133NO14. The molecule has 2 unspecified atom stereocenters. The van der Waals surface area contributed by atoms with Gasteiger partial charge in [-0.15, -0.1) is 0 Å². The molecule has 0 aliphatic heterocycles. The summed E-state index contributed by atoms with van der Waals surface area (Å²) < 4.78 is 62.9. The Morgan fingerprint density at radius 2 is 0.581 bits per heavy atom. The van der Waals surface area contributed by atoms with Crippen molar-refractivity contribution in [1.82, 2.24) is 4.90 Å². The number of esters is 4. The molecule has 0 aromatic rings. The van der Waals surface area contributed by atoms with Crippen LogP contribution < -0.4 is 0 Å². The second-order valence-corrected chi connectivity index (χ2v) is 26.8. The van der Waals surface area contributed by atoms with Gasteiger partial charge >= 0.3 is 23.9 Å². The van der Waals surface area contributed by atoms with E-state index in [9.17, 15) is 19.2 Å². The highest BCUT2D eigenvalue weighted by atomic mass is 16.7. The summed E-state index contributed by atoms with van der Waals surface area (Å²) in [5, 5.41) is 0. The van der Waals surface area contributed by atoms with Crippen molar-refractivity contribution in [2.45, 2.75) is 326 Å². The van der Waals surface area contributed by atoms with Gasteiger partial charge in [-0.25, -0.2) is 0 Å². The molecule has 2 bridgehead atoms. The summed E-state index contributed by atoms with van der Waals surface area (Å²) in [6.07, 6.45) is 29.9. The molecule has 0 saturated heterocycles. The van der Waals surface area contributed by atoms with Gasteiger partial charge in [-0.3, -0.25) is 19.2 Å². The van der Waals surface area contributed by atoms with Crippen LogP contribution in [0, 0.1) is 21.7 Å². The van der Waals surface area contributed by atoms with Gasteiger partial charge in [-0.05, 0) is 96.7 Å². The summed E-state index contributed by atoms with van der Waals surface area (Å²) in [5.74, 6) is -1.22. The Kier molecular flexibility index (Phi) is 45.7. The normalized spacial score (nSPS) is 20.3. The van der Waals surface area contributed by atoms with Crippen LogP contribution in [0.5, 0.6) is 0 Å². The average Bonchev–Trinajstić information content (AvgIpc) is 0.826. The molecular weight excluding hydrogens is 1090 g/mol. The van der Waals surface area contributed by atoms with E-state index >= 15 is 0 Å². The van der Waals surface area contributed by atoms with Crippen molar-refractivity contribution in [3.05, 3.63) is 0 Å². The van der Waals surface area contributed by atoms with E-state index < -0.39 is 40.5 Å². The maximum atomic E-state index is 14.1. The van der Waals surface area contributed by atoms with Crippen molar-refractivity contribution in [2.24, 2.45) is 21.7 Å². The minimum Gasteiger partial charge on any atom is -0.465 e. The monoisotopic (exact) mass is 1220 g/mol. The molecule has 2 atom stereocenters. The number of ether oxygens (including phenoxy) is 10. The molecule has 2 aliphatic carbocycles. The maximum Gasteiger partial charge on any atom is 0.305 e. The zero-order chi connectivity index (χ0) is 63.0. The number of hydrogen-bond acceptors (Lipinski definition) is 15. The van der Waals surface area contributed by atoms with Crippen molar-refractivity contribution < 1.29 is 66.5 Å². The van der Waals surface area contributed by atoms with Gasteiger partial charge in [-0.1, -0.05) is 185 Å². The summed E-state index contributed by atoms with van der Waals surface area (Å²) in [7, 11) is 0. The Labute approximate surface area is 526 Å². The van der Waals surface area contributed by atoms with Crippen LogP contribution >= 0.6 is 0 Å². The van der Waals surface area contributed by atoms with Crippen molar-refractivity contribution in [2.75, 3.05) is 85.7 Å². The number of carbonyl (C=O) groups excluding carboxylic acids is 4. The van der Waals surface area contributed by atoms with E-state index in [2.05, 4.69) is 74.1 Å². The average molecular weight is 1220 g/mol. The van der Waals surface area contributed by atoms with E-state index in [-0.39, 0.29) is 69.6 Å². The molecule has 2 aliphatic rings. The summed E-state index contributed by atoms with van der Waals surface area (Å²) in [4.78, 5) is 58.1. The third-order valence-electron chi connectivity index (χ3n) is 17.5. The van der Waals surface area contributed by atoms with E-state index in [1.807, 2.05) is 0 Å². The molecule has 86 heavy (non-hydrogen) atoms. The SMILES string of the molecule is CCCCCCOC(CCC(=O)OCC1(C)CC2(COC(=O)CCC(OCCCCCC)OCCCCCC)CC(C)(COC(=O)CCCN(CC)CC)CC(COC(=O)CCC(OCCCCCC)OCCCCCC)(C1)C2)OCCCCCC. The lowest BCUT2D eigenvalue weighted by Crippen LogP contribution is -2.58. The molecule has 506 valence electrons. The van der Waals surface area contributed by atoms with Gasteiger partial charge in [0.1, 0.15) is 0 Å². The lowest BCUT2D eigenvalue weighted by atomic mass is 9.44. The first-order chi connectivity index (χ1) is 41.6. The molecule has 0 aromatic carbocycles. The Morgan fingerprint density at radius 1 is 0.326 bits per heavy atom. The van der Waals surface area contributed by atoms with E-state index in [4.69, 9.17) is 47.4 Å². The minimum absolute atomic E-state index is 0.110. The van der Waals surface area contributed by atoms with E-state index in [0.717, 1.165) is 174 Å². The van der Waals surface area contributed by atoms with Crippen molar-refractivity contribution in [1.29, 1.82) is 0 Å². The van der Waals surface area contributed by atoms with Crippen LogP contribution in [0.15, 0.2) is 0 Å². The fourth-order valence-corrected chi connectivity index (χ4v) is 13.5. The predicted molar refractivity (Wildman–Crippen MR) is 345 cm³/mol. The number of hydrogen-bond donors (Lipinski definition) is 0. The highest BCUT2D eigenvalue weighted by Gasteiger charge is 2.61. The second kappa shape index (κ2) is 49.3. The fraction of sp³-hybridized carbons (Fsp3) is 0.944. The zero-order valence-corrected chi connectivity index (χ0v) is 57.3. The van der Waals surface area contributed by atoms with E-state index in [1.165, 1.54) is 0 Å². The lowest BCUT2D eigenvalue weighted by Gasteiger charge is -2.62. The molecule has 0 spiro atoms. The zero-order valence-electron chi connectivity index (χ0n) is 57.3. The molecule has 0 aromatic heterocycles. The minimum atomic E-state index is -0.640. The van der Waals surface area contributed by atoms with Crippen LogP contribution in [-0.2, 0) is 66.5 Å². The van der Waals surface area contributed by atoms with Crippen LogP contribution in [0.3, 0.4) is 0 Å². The predicted octanol–water partition coefficient (Wildman–Crippen LogP) is 17.1. The standard InChI is InChI=1S/C71H133NO14/c1-11-19-25-31-46-77-65(78-47-32-26-20-12-2)42-39-62(74)84-58-69(10)54-70(59-85-63(75)40-43-66(79-48-33-27-21-13-3)80-49-34-28-22-14-4)52-68(9,57-83-61(73)38-37-45-72(17-7)18-8)53-71(55-69,56-70)60-86-64(76)41-44-67(81-50-35-29-23-15-5)82-51-36-30-24-16-6/h65-67H,11-60H2,1-10H3. The van der Waals surface area contributed by atoms with Crippen LogP contribution in [-0.4, -0.2) is 133 Å². The van der Waals surface area contributed by atoms with Gasteiger partial charge in [0.05, 0.1) is 45.7 Å². The number of fused-ring (bicyclic) bond motifs is 2. The molecule has 0 N–H and O–H groups in total. The molecule has 0 radical (unpaired) electrons. The van der Waals surface area contributed by atoms with Crippen LogP contribution in [0.2, 0.25) is 0 Å². The molecule has 0 amide bonds. The smallest absolute Gasteiger partial charge is 0.305 e. The first kappa shape index (κ1) is 79.7. The first-order valence-corrected chi connectivity index (χ1v) is 35.6. The van der Waals surface area contributed by atoms with Crippen molar-refractivity contribution in [3.8, 4) is 0 Å². The number of rotatable bonds is 59. The van der Waals surface area contributed by atoms with Gasteiger partial charge in [0.2, 0.25) is 0 Å². The molecule has 0 heterocycles. The van der Waals surface area contributed by atoms with Gasteiger partial charge in [-0.2, -0.15) is 0 Å². The Hall–Kier alpha value is -2.40. The van der Waals surface area contributed by atoms with Crippen molar-refractivity contribution in [3.63, 3.8) is 0 Å². The largest absolute Gasteiger partial charge is 0.465 e. The second-order valence-electron chi connectivity index (χ2n) is 26.8. The molecule has 2 saturated carbocycles. The van der Waals surface area contributed by atoms with Gasteiger partial charge in [0, 0.05) is 87.0 Å². The Balaban J connectivity index is 2.52. The first-order valence-electron chi connectivity index (χ1n) is 35.6. The van der Waals surface area contributed by atoms with Gasteiger partial charge in [0.25, 0.3) is 0 Å². The van der Waals surface area contributed by atoms with Crippen molar-refractivity contribution >= 4 is 23.9 Å². The Morgan fingerprint density at radius 3 is 0.837 bits per heavy atom. The van der Waals surface area contributed by atoms with Gasteiger partial charge in [0.15, 0.2) is 18.9 Å². The van der Waals surface area contributed by atoms with E-state index in [0.29, 0.717) is 104 Å². The van der Waals surface area contributed by atoms with Crippen LogP contribution in [0.1, 0.15) is 307 Å². The summed E-state index contributed by atoms with van der Waals surface area (Å²) >= 11 is 0. The topological polar surface area (TPSA) is 164 Å².